The summed E-state index contributed by atoms with van der Waals surface area (Å²) >= 11 is 0. The van der Waals surface area contributed by atoms with Gasteiger partial charge in [-0.2, -0.15) is 0 Å². The van der Waals surface area contributed by atoms with Crippen molar-refractivity contribution in [2.75, 3.05) is 20.6 Å². The first-order valence-electron chi connectivity index (χ1n) is 6.10. The molecule has 18 heavy (non-hydrogen) atoms. The molecule has 1 aromatic rings. The van der Waals surface area contributed by atoms with Crippen molar-refractivity contribution in [1.29, 1.82) is 0 Å². The lowest BCUT2D eigenvalue weighted by Gasteiger charge is -2.47. The van der Waals surface area contributed by atoms with Crippen LogP contribution in [0.3, 0.4) is 0 Å². The average Bonchev–Trinajstić information content (AvgIpc) is 2.27. The minimum atomic E-state index is -0.581. The van der Waals surface area contributed by atoms with Gasteiger partial charge in [-0.25, -0.2) is 4.39 Å². The van der Waals surface area contributed by atoms with Crippen LogP contribution in [-0.2, 0) is 0 Å². The maximum absolute atomic E-state index is 13.4. The Bertz CT molecular complexity index is 444. The maximum Gasteiger partial charge on any atom is 0.254 e. The zero-order valence-electron chi connectivity index (χ0n) is 10.7. The molecule has 4 nitrogen and oxygen atoms in total. The monoisotopic (exact) mass is 251 g/mol. The molecule has 0 aliphatic heterocycles. The highest BCUT2D eigenvalue weighted by Gasteiger charge is 2.39. The second-order valence-corrected chi connectivity index (χ2v) is 5.01. The third-order valence-electron chi connectivity index (χ3n) is 3.83. The van der Waals surface area contributed by atoms with Gasteiger partial charge in [0.15, 0.2) is 5.82 Å². The van der Waals surface area contributed by atoms with Crippen molar-refractivity contribution in [1.82, 2.24) is 15.2 Å². The number of carbonyl (C=O) groups is 1. The summed E-state index contributed by atoms with van der Waals surface area (Å²) in [5.41, 5.74) is 0.0948. The third-order valence-corrected chi connectivity index (χ3v) is 3.83. The molecule has 0 aromatic carbocycles. The number of nitrogens with one attached hydrogen (secondary N) is 1. The van der Waals surface area contributed by atoms with Crippen LogP contribution >= 0.6 is 0 Å². The fourth-order valence-corrected chi connectivity index (χ4v) is 2.27. The molecule has 5 heteroatoms. The predicted octanol–water partition coefficient (Wildman–Crippen LogP) is 1.43. The Kier molecular flexibility index (Phi) is 3.61. The molecule has 98 valence electrons. The first-order chi connectivity index (χ1) is 8.55. The number of halogens is 1. The summed E-state index contributed by atoms with van der Waals surface area (Å²) in [6.45, 7) is 0.556. The first kappa shape index (κ1) is 13.0. The van der Waals surface area contributed by atoms with Gasteiger partial charge < -0.3 is 10.2 Å². The van der Waals surface area contributed by atoms with Crippen molar-refractivity contribution in [3.63, 3.8) is 0 Å². The SMILES string of the molecule is CN(C)C1(CNC(=O)c2ccncc2F)CCC1. The van der Waals surface area contributed by atoms with Crippen molar-refractivity contribution in [2.45, 2.75) is 24.8 Å². The standard InChI is InChI=1S/C13H18FN3O/c1-17(2)13(5-3-6-13)9-16-12(18)10-4-7-15-8-11(10)14/h4,7-8H,3,5-6,9H2,1-2H3,(H,16,18). The topological polar surface area (TPSA) is 45.2 Å². The lowest BCUT2D eigenvalue weighted by molar-refractivity contribution is 0.0556. The average molecular weight is 251 g/mol. The summed E-state index contributed by atoms with van der Waals surface area (Å²) in [5.74, 6) is -0.953. The summed E-state index contributed by atoms with van der Waals surface area (Å²) in [5, 5.41) is 2.82. The number of carbonyl (C=O) groups excluding carboxylic acids is 1. The van der Waals surface area contributed by atoms with Crippen molar-refractivity contribution in [3.8, 4) is 0 Å². The molecule has 0 saturated heterocycles. The van der Waals surface area contributed by atoms with Crippen LogP contribution in [0.2, 0.25) is 0 Å². The molecule has 1 heterocycles. The van der Waals surface area contributed by atoms with Crippen LogP contribution < -0.4 is 5.32 Å². The summed E-state index contributed by atoms with van der Waals surface area (Å²) in [6.07, 6.45) is 5.79. The Balaban J connectivity index is 1.99. The van der Waals surface area contributed by atoms with Gasteiger partial charge in [-0.3, -0.25) is 9.78 Å². The van der Waals surface area contributed by atoms with Gasteiger partial charge in [-0.15, -0.1) is 0 Å². The van der Waals surface area contributed by atoms with E-state index in [0.29, 0.717) is 6.54 Å². The summed E-state index contributed by atoms with van der Waals surface area (Å²) < 4.78 is 13.4. The summed E-state index contributed by atoms with van der Waals surface area (Å²) in [7, 11) is 4.02. The number of hydrogen-bond acceptors (Lipinski definition) is 3. The van der Waals surface area contributed by atoms with Crippen molar-refractivity contribution in [2.24, 2.45) is 0 Å². The zero-order chi connectivity index (χ0) is 13.2. The number of aromatic nitrogens is 1. The molecule has 0 spiro atoms. The van der Waals surface area contributed by atoms with Gasteiger partial charge in [-0.05, 0) is 39.4 Å². The number of pyridine rings is 1. The molecule has 0 radical (unpaired) electrons. The van der Waals surface area contributed by atoms with E-state index in [1.807, 2.05) is 14.1 Å². The highest BCUT2D eigenvalue weighted by Crippen LogP contribution is 2.35. The quantitative estimate of drug-likeness (QED) is 0.880. The van der Waals surface area contributed by atoms with Crippen LogP contribution in [0.25, 0.3) is 0 Å². The molecular formula is C13H18FN3O. The van der Waals surface area contributed by atoms with Crippen molar-refractivity contribution < 1.29 is 9.18 Å². The van der Waals surface area contributed by atoms with E-state index in [1.54, 1.807) is 0 Å². The lowest BCUT2D eigenvalue weighted by atomic mass is 9.75. The van der Waals surface area contributed by atoms with Gasteiger partial charge in [-0.1, -0.05) is 0 Å². The maximum atomic E-state index is 13.4. The van der Waals surface area contributed by atoms with Gasteiger partial charge in [0.2, 0.25) is 0 Å². The van der Waals surface area contributed by atoms with Crippen LogP contribution in [0, 0.1) is 5.82 Å². The highest BCUT2D eigenvalue weighted by molar-refractivity contribution is 5.94. The van der Waals surface area contributed by atoms with Crippen LogP contribution in [0.1, 0.15) is 29.6 Å². The lowest BCUT2D eigenvalue weighted by Crippen LogP contribution is -2.57. The smallest absolute Gasteiger partial charge is 0.254 e. The number of likely N-dealkylation sites (N-methyl/N-ethyl adjacent to an activating group) is 1. The van der Waals surface area contributed by atoms with E-state index in [0.717, 1.165) is 19.0 Å². The second-order valence-electron chi connectivity index (χ2n) is 5.01. The summed E-state index contributed by atoms with van der Waals surface area (Å²) in [4.78, 5) is 17.6. The molecule has 2 rings (SSSR count). The minimum absolute atomic E-state index is 0.0408. The van der Waals surface area contributed by atoms with Gasteiger partial charge in [0.25, 0.3) is 5.91 Å². The van der Waals surface area contributed by atoms with Crippen LogP contribution in [0.15, 0.2) is 18.5 Å². The molecule has 0 unspecified atom stereocenters. The van der Waals surface area contributed by atoms with E-state index in [1.165, 1.54) is 18.7 Å². The number of hydrogen-bond donors (Lipinski definition) is 1. The summed E-state index contributed by atoms with van der Waals surface area (Å²) in [6, 6.07) is 1.40. The van der Waals surface area contributed by atoms with E-state index in [2.05, 4.69) is 15.2 Å². The number of rotatable bonds is 4. The highest BCUT2D eigenvalue weighted by atomic mass is 19.1. The number of amides is 1. The molecular weight excluding hydrogens is 233 g/mol. The van der Waals surface area contributed by atoms with Gasteiger partial charge in [0, 0.05) is 18.3 Å². The van der Waals surface area contributed by atoms with Gasteiger partial charge in [0.1, 0.15) is 0 Å². The Labute approximate surface area is 106 Å². The molecule has 0 atom stereocenters. The normalized spacial score (nSPS) is 17.3. The van der Waals surface area contributed by atoms with Crippen LogP contribution in [0.4, 0.5) is 4.39 Å². The Morgan fingerprint density at radius 1 is 1.56 bits per heavy atom. The van der Waals surface area contributed by atoms with E-state index in [9.17, 15) is 9.18 Å². The second kappa shape index (κ2) is 5.02. The molecule has 1 aliphatic rings. The zero-order valence-corrected chi connectivity index (χ0v) is 10.7. The molecule has 1 fully saturated rings. The van der Waals surface area contributed by atoms with Crippen molar-refractivity contribution in [3.05, 3.63) is 29.8 Å². The van der Waals surface area contributed by atoms with E-state index in [4.69, 9.17) is 0 Å². The molecule has 1 saturated carbocycles. The van der Waals surface area contributed by atoms with Crippen LogP contribution in [0.5, 0.6) is 0 Å². The predicted molar refractivity (Wildman–Crippen MR) is 66.8 cm³/mol. The largest absolute Gasteiger partial charge is 0.350 e. The number of nitrogens with zero attached hydrogens (tertiary/aromatic N) is 2. The first-order valence-corrected chi connectivity index (χ1v) is 6.10. The van der Waals surface area contributed by atoms with E-state index < -0.39 is 5.82 Å². The fraction of sp³-hybridized carbons (Fsp3) is 0.538. The Hall–Kier alpha value is -1.49. The van der Waals surface area contributed by atoms with E-state index >= 15 is 0 Å². The Morgan fingerprint density at radius 3 is 2.78 bits per heavy atom. The third kappa shape index (κ3) is 2.36. The van der Waals surface area contributed by atoms with Gasteiger partial charge in [0.05, 0.1) is 11.8 Å². The molecule has 1 amide bonds. The fourth-order valence-electron chi connectivity index (χ4n) is 2.27. The molecule has 0 bridgehead atoms. The van der Waals surface area contributed by atoms with E-state index in [-0.39, 0.29) is 17.0 Å². The molecule has 1 aliphatic carbocycles. The molecule has 1 aromatic heterocycles. The minimum Gasteiger partial charge on any atom is -0.350 e. The van der Waals surface area contributed by atoms with Crippen molar-refractivity contribution >= 4 is 5.91 Å². The van der Waals surface area contributed by atoms with Crippen LogP contribution in [-0.4, -0.2) is 42.0 Å². The Morgan fingerprint density at radius 2 is 2.28 bits per heavy atom. The molecule has 1 N–H and O–H groups in total. The van der Waals surface area contributed by atoms with Gasteiger partial charge >= 0.3 is 0 Å².